The van der Waals surface area contributed by atoms with Crippen molar-refractivity contribution in [3.8, 4) is 0 Å². The number of hydrogen-bond donors (Lipinski definition) is 3. The molecule has 1 aromatic carbocycles. The van der Waals surface area contributed by atoms with Crippen molar-refractivity contribution in [1.82, 2.24) is 10.6 Å². The van der Waals surface area contributed by atoms with Crippen molar-refractivity contribution >= 4 is 17.9 Å². The minimum Gasteiger partial charge on any atom is -0.451 e. The number of esters is 1. The van der Waals surface area contributed by atoms with Crippen LogP contribution in [0.15, 0.2) is 30.3 Å². The van der Waals surface area contributed by atoms with Crippen LogP contribution in [-0.2, 0) is 20.7 Å². The first-order valence-corrected chi connectivity index (χ1v) is 9.88. The highest BCUT2D eigenvalue weighted by molar-refractivity contribution is 5.87. The quantitative estimate of drug-likeness (QED) is 0.621. The number of nitrogens with one attached hydrogen (secondary N) is 2. The maximum Gasteiger partial charge on any atom is 0.329 e. The van der Waals surface area contributed by atoms with Gasteiger partial charge in [0.1, 0.15) is 6.04 Å². The van der Waals surface area contributed by atoms with Gasteiger partial charge in [-0.15, -0.1) is 0 Å². The van der Waals surface area contributed by atoms with Crippen molar-refractivity contribution in [3.63, 3.8) is 0 Å². The molecule has 7 heteroatoms. The molecule has 3 amide bonds. The number of hydrogen-bond acceptors (Lipinski definition) is 4. The van der Waals surface area contributed by atoms with Crippen LogP contribution in [-0.4, -0.2) is 36.1 Å². The number of carbonyl (C=O) groups is 3. The van der Waals surface area contributed by atoms with Gasteiger partial charge in [-0.05, 0) is 30.7 Å². The van der Waals surface area contributed by atoms with Crippen LogP contribution in [0.25, 0.3) is 0 Å². The minimum atomic E-state index is -0.955. The summed E-state index contributed by atoms with van der Waals surface area (Å²) in [5.74, 6) is -0.0814. The predicted octanol–water partition coefficient (Wildman–Crippen LogP) is 2.14. The second-order valence-corrected chi connectivity index (χ2v) is 7.71. The number of carbonyl (C=O) groups excluding carboxylic acids is 3. The van der Waals surface area contributed by atoms with Crippen molar-refractivity contribution in [1.29, 1.82) is 0 Å². The maximum atomic E-state index is 12.5. The summed E-state index contributed by atoms with van der Waals surface area (Å²) in [6, 6.07) is 7.52. The summed E-state index contributed by atoms with van der Waals surface area (Å²) in [4.78, 5) is 36.3. The molecular formula is C21H31N3O4. The Morgan fingerprint density at radius 3 is 2.50 bits per heavy atom. The van der Waals surface area contributed by atoms with Gasteiger partial charge in [0.25, 0.3) is 5.91 Å². The summed E-state index contributed by atoms with van der Waals surface area (Å²) < 4.78 is 5.33. The first-order chi connectivity index (χ1) is 13.3. The largest absolute Gasteiger partial charge is 0.451 e. The van der Waals surface area contributed by atoms with Crippen molar-refractivity contribution in [2.24, 2.45) is 17.6 Å². The van der Waals surface area contributed by atoms with Crippen LogP contribution in [0.5, 0.6) is 0 Å². The summed E-state index contributed by atoms with van der Waals surface area (Å²) in [6.45, 7) is 5.86. The van der Waals surface area contributed by atoms with E-state index in [1.807, 2.05) is 30.3 Å². The van der Waals surface area contributed by atoms with E-state index in [9.17, 15) is 14.4 Å². The Hall–Kier alpha value is -2.57. The van der Waals surface area contributed by atoms with Gasteiger partial charge >= 0.3 is 12.0 Å². The van der Waals surface area contributed by atoms with Crippen LogP contribution in [0, 0.1) is 11.8 Å². The molecule has 1 fully saturated rings. The van der Waals surface area contributed by atoms with E-state index in [0.717, 1.165) is 24.8 Å². The third-order valence-corrected chi connectivity index (χ3v) is 5.58. The summed E-state index contributed by atoms with van der Waals surface area (Å²) >= 11 is 0. The molecule has 0 aromatic heterocycles. The van der Waals surface area contributed by atoms with Gasteiger partial charge in [0.15, 0.2) is 6.10 Å². The molecule has 1 saturated carbocycles. The van der Waals surface area contributed by atoms with Crippen molar-refractivity contribution in [2.75, 3.05) is 0 Å². The lowest BCUT2D eigenvalue weighted by Gasteiger charge is -2.35. The SMILES string of the molecule is C[C@@H]1[C@H](C)CCC[C@H]1NC(=O)[C@@H](C)OC(=O)[C@H](Cc1ccccc1)NC(N)=O. The zero-order chi connectivity index (χ0) is 20.7. The van der Waals surface area contributed by atoms with Crippen LogP contribution in [0.4, 0.5) is 4.79 Å². The molecule has 0 unspecified atom stereocenters. The molecule has 154 valence electrons. The minimum absolute atomic E-state index is 0.0845. The zero-order valence-corrected chi connectivity index (χ0v) is 16.8. The molecule has 0 spiro atoms. The smallest absolute Gasteiger partial charge is 0.329 e. The highest BCUT2D eigenvalue weighted by Gasteiger charge is 2.31. The number of rotatable bonds is 7. The average molecular weight is 389 g/mol. The van der Waals surface area contributed by atoms with Gasteiger partial charge in [-0.1, -0.05) is 57.0 Å². The average Bonchev–Trinajstić information content (AvgIpc) is 2.65. The zero-order valence-electron chi connectivity index (χ0n) is 16.8. The van der Waals surface area contributed by atoms with E-state index >= 15 is 0 Å². The number of primary amides is 1. The lowest BCUT2D eigenvalue weighted by Crippen LogP contribution is -2.50. The summed E-state index contributed by atoms with van der Waals surface area (Å²) in [5, 5.41) is 5.40. The van der Waals surface area contributed by atoms with E-state index in [2.05, 4.69) is 24.5 Å². The lowest BCUT2D eigenvalue weighted by atomic mass is 9.78. The Balaban J connectivity index is 1.95. The summed E-state index contributed by atoms with van der Waals surface area (Å²) in [7, 11) is 0. The van der Waals surface area contributed by atoms with Crippen LogP contribution in [0.3, 0.4) is 0 Å². The Bertz CT molecular complexity index is 679. The van der Waals surface area contributed by atoms with E-state index < -0.39 is 24.1 Å². The Morgan fingerprint density at radius 2 is 1.86 bits per heavy atom. The fourth-order valence-electron chi connectivity index (χ4n) is 3.61. The molecule has 1 aromatic rings. The first kappa shape index (κ1) is 21.7. The standard InChI is InChI=1S/C21H31N3O4/c1-13-8-7-11-17(14(13)2)23-19(25)15(3)28-20(26)18(24-21(22)27)12-16-9-5-4-6-10-16/h4-6,9-10,13-15,17-18H,7-8,11-12H2,1-3H3,(H,23,25)(H3,22,24,27)/t13-,14-,15-,17-,18+/m1/s1. The molecule has 0 heterocycles. The molecule has 0 saturated heterocycles. The molecule has 1 aliphatic rings. The highest BCUT2D eigenvalue weighted by Crippen LogP contribution is 2.29. The Kier molecular flexibility index (Phi) is 7.84. The van der Waals surface area contributed by atoms with Crippen LogP contribution < -0.4 is 16.4 Å². The van der Waals surface area contributed by atoms with Gasteiger partial charge in [-0.2, -0.15) is 0 Å². The maximum absolute atomic E-state index is 12.5. The van der Waals surface area contributed by atoms with Gasteiger partial charge in [0.2, 0.25) is 0 Å². The summed E-state index contributed by atoms with van der Waals surface area (Å²) in [6.07, 6.45) is 2.45. The molecule has 0 radical (unpaired) electrons. The van der Waals surface area contributed by atoms with Gasteiger partial charge < -0.3 is 21.1 Å². The Morgan fingerprint density at radius 1 is 1.18 bits per heavy atom. The molecule has 2 rings (SSSR count). The molecule has 5 atom stereocenters. The van der Waals surface area contributed by atoms with E-state index in [1.165, 1.54) is 6.92 Å². The third kappa shape index (κ3) is 6.25. The van der Waals surface area contributed by atoms with Crippen molar-refractivity contribution < 1.29 is 19.1 Å². The second-order valence-electron chi connectivity index (χ2n) is 7.71. The lowest BCUT2D eigenvalue weighted by molar-refractivity contribution is -0.157. The van der Waals surface area contributed by atoms with E-state index in [-0.39, 0.29) is 18.4 Å². The van der Waals surface area contributed by atoms with E-state index in [0.29, 0.717) is 11.8 Å². The highest BCUT2D eigenvalue weighted by atomic mass is 16.5. The van der Waals surface area contributed by atoms with Gasteiger partial charge in [0, 0.05) is 12.5 Å². The fourth-order valence-corrected chi connectivity index (χ4v) is 3.61. The van der Waals surface area contributed by atoms with Crippen LogP contribution in [0.2, 0.25) is 0 Å². The molecule has 7 nitrogen and oxygen atoms in total. The number of amides is 3. The van der Waals surface area contributed by atoms with E-state index in [4.69, 9.17) is 10.5 Å². The number of ether oxygens (including phenoxy) is 1. The van der Waals surface area contributed by atoms with E-state index in [1.54, 1.807) is 0 Å². The Labute approximate surface area is 166 Å². The first-order valence-electron chi connectivity index (χ1n) is 9.88. The van der Waals surface area contributed by atoms with Gasteiger partial charge in [0.05, 0.1) is 0 Å². The molecule has 0 bridgehead atoms. The molecule has 4 N–H and O–H groups in total. The third-order valence-electron chi connectivity index (χ3n) is 5.58. The normalized spacial score (nSPS) is 23.9. The molecule has 28 heavy (non-hydrogen) atoms. The number of urea groups is 1. The number of nitrogens with two attached hydrogens (primary N) is 1. The van der Waals surface area contributed by atoms with Crippen LogP contribution >= 0.6 is 0 Å². The molecular weight excluding hydrogens is 358 g/mol. The summed E-state index contributed by atoms with van der Waals surface area (Å²) in [5.41, 5.74) is 6.04. The second kappa shape index (κ2) is 10.1. The monoisotopic (exact) mass is 389 g/mol. The van der Waals surface area contributed by atoms with Crippen molar-refractivity contribution in [2.45, 2.75) is 64.6 Å². The topological polar surface area (TPSA) is 111 Å². The fraction of sp³-hybridized carbons (Fsp3) is 0.571. The number of benzene rings is 1. The predicted molar refractivity (Wildman–Crippen MR) is 106 cm³/mol. The van der Waals surface area contributed by atoms with Gasteiger partial charge in [-0.25, -0.2) is 9.59 Å². The molecule has 1 aliphatic carbocycles. The van der Waals surface area contributed by atoms with Gasteiger partial charge in [-0.3, -0.25) is 4.79 Å². The van der Waals surface area contributed by atoms with Crippen molar-refractivity contribution in [3.05, 3.63) is 35.9 Å². The van der Waals surface area contributed by atoms with Crippen LogP contribution in [0.1, 0.15) is 45.6 Å². The molecule has 0 aliphatic heterocycles.